The Morgan fingerprint density at radius 2 is 0.518 bits per heavy atom. The second-order valence-electron chi connectivity index (χ2n) is 35.9. The van der Waals surface area contributed by atoms with E-state index >= 15 is 0 Å². The zero-order chi connectivity index (χ0) is 67.4. The number of alkyl halides is 7. The van der Waals surface area contributed by atoms with E-state index in [0.29, 0.717) is 16.2 Å². The van der Waals surface area contributed by atoms with Gasteiger partial charge in [0.1, 0.15) is 0 Å². The minimum absolute atomic E-state index is 0.0206. The Bertz CT molecular complexity index is 2020. The highest BCUT2D eigenvalue weighted by atomic mass is 35.5. The molecule has 0 spiro atoms. The molecule has 0 aliphatic heterocycles. The van der Waals surface area contributed by atoms with Gasteiger partial charge < -0.3 is 0 Å². The standard InChI is InChI=1S/C17H27Cl.C16H24Cl2.C13H19Cl.C12H25Cl.C9H19Cl.C9H17Cl/c1-15(2,3)12-9-13(16(4,5)6)11-14(10-12)17(7,8)18;1-14(2,3)11-8-12(15(4,5)17)10-13(9-11)16(6,7)18;1-12(2,3)10-6-8-11(9-7-10)13(4,5)14;1-10(2,3)8-11(4,5)9-12(6,7)13;2*1-8(2,3)6-7-9(4,5)10/h9-11H,1-8H3;8-10H,1-7H3;6-9H,1-5H3;8-9H2,1-7H3;6-7H2,1-5H3;6-7H,1-5H3/b;;;;;7-6+. The Balaban J connectivity index is -0.000000940. The predicted octanol–water partition coefficient (Wildman–Crippen LogP) is 28.4. The third-order valence-electron chi connectivity index (χ3n) is 13.3. The summed E-state index contributed by atoms with van der Waals surface area (Å²) in [5.41, 5.74) is 12.0. The molecule has 0 saturated heterocycles. The molecule has 0 aromatic heterocycles. The minimum atomic E-state index is -0.377. The van der Waals surface area contributed by atoms with Gasteiger partial charge in [-0.2, -0.15) is 0 Å². The van der Waals surface area contributed by atoms with E-state index in [1.807, 2.05) is 61.5 Å². The molecule has 0 aliphatic carbocycles. The van der Waals surface area contributed by atoms with Crippen LogP contribution in [0.2, 0.25) is 0 Å². The van der Waals surface area contributed by atoms with Gasteiger partial charge in [0.2, 0.25) is 0 Å². The second kappa shape index (κ2) is 31.4. The molecule has 0 radical (unpaired) electrons. The maximum absolute atomic E-state index is 6.50. The fourth-order valence-electron chi connectivity index (χ4n) is 8.71. The SMILES string of the molecule is CC(C)(C)/C=C/C(C)(C)Cl.CC(C)(C)CC(C)(C)CC(C)(C)Cl.CC(C)(C)CCC(C)(C)Cl.CC(C)(C)c1cc(C(C)(C)C)cc(C(C)(C)Cl)c1.CC(C)(C)c1cc(C(C)(C)Cl)cc(C(C)(C)Cl)c1.CC(C)(C)c1ccc(C(C)(C)Cl)cc1. The highest BCUT2D eigenvalue weighted by Crippen LogP contribution is 2.42. The monoisotopic (exact) mass is 1290 g/mol. The molecule has 0 nitrogen and oxygen atoms in total. The Morgan fingerprint density at radius 3 is 0.687 bits per heavy atom. The van der Waals surface area contributed by atoms with Gasteiger partial charge in [-0.1, -0.05) is 232 Å². The van der Waals surface area contributed by atoms with E-state index in [1.54, 1.807) is 0 Å². The van der Waals surface area contributed by atoms with Gasteiger partial charge in [0.15, 0.2) is 0 Å². The lowest BCUT2D eigenvalue weighted by Gasteiger charge is -2.36. The maximum Gasteiger partial charge on any atom is 0.0639 e. The summed E-state index contributed by atoms with van der Waals surface area (Å²) in [6.45, 7) is 80.0. The predicted molar refractivity (Wildman–Crippen MR) is 389 cm³/mol. The molecule has 7 heteroatoms. The molecule has 0 unspecified atom stereocenters. The zero-order valence-corrected chi connectivity index (χ0v) is 66.2. The lowest BCUT2D eigenvalue weighted by molar-refractivity contribution is 0.185. The van der Waals surface area contributed by atoms with Crippen molar-refractivity contribution in [3.8, 4) is 0 Å². The first-order valence-corrected chi connectivity index (χ1v) is 33.3. The van der Waals surface area contributed by atoms with Gasteiger partial charge in [-0.05, 0) is 210 Å². The number of hydrogen-bond donors (Lipinski definition) is 0. The second-order valence-corrected chi connectivity index (χ2v) is 42.7. The van der Waals surface area contributed by atoms with Gasteiger partial charge in [0.05, 0.1) is 24.4 Å². The van der Waals surface area contributed by atoms with Crippen molar-refractivity contribution in [3.63, 3.8) is 0 Å². The van der Waals surface area contributed by atoms with Gasteiger partial charge in [-0.3, -0.25) is 0 Å². The summed E-state index contributed by atoms with van der Waals surface area (Å²) in [4.78, 5) is -1.64. The topological polar surface area (TPSA) is 0 Å². The summed E-state index contributed by atoms with van der Waals surface area (Å²) < 4.78 is 0. The number of benzene rings is 3. The molecule has 0 saturated carbocycles. The average molecular weight is 1290 g/mol. The van der Waals surface area contributed by atoms with Crippen LogP contribution in [-0.2, 0) is 41.2 Å². The maximum atomic E-state index is 6.50. The van der Waals surface area contributed by atoms with Crippen LogP contribution in [-0.4, -0.2) is 14.6 Å². The number of allylic oxidation sites excluding steroid dienone is 2. The highest BCUT2D eigenvalue weighted by molar-refractivity contribution is 6.25. The summed E-state index contributed by atoms with van der Waals surface area (Å²) >= 11 is 43.9. The van der Waals surface area contributed by atoms with Crippen molar-refractivity contribution in [2.75, 3.05) is 0 Å². The molecular weight excluding hydrogens is 1160 g/mol. The lowest BCUT2D eigenvalue weighted by Crippen LogP contribution is -2.27. The van der Waals surface area contributed by atoms with Crippen molar-refractivity contribution in [3.05, 3.63) is 117 Å². The van der Waals surface area contributed by atoms with Gasteiger partial charge in [-0.25, -0.2) is 0 Å². The summed E-state index contributed by atoms with van der Waals surface area (Å²) in [6, 6.07) is 21.9. The van der Waals surface area contributed by atoms with E-state index in [2.05, 4.69) is 268 Å². The molecule has 0 fully saturated rings. The number of halogens is 7. The van der Waals surface area contributed by atoms with Gasteiger partial charge >= 0.3 is 0 Å². The fraction of sp³-hybridized carbons (Fsp3) is 0.737. The summed E-state index contributed by atoms with van der Waals surface area (Å²) in [7, 11) is 0. The van der Waals surface area contributed by atoms with Crippen molar-refractivity contribution in [2.45, 2.75) is 338 Å². The largest absolute Gasteiger partial charge is 0.120 e. The van der Waals surface area contributed by atoms with Gasteiger partial charge in [-0.15, -0.1) is 81.2 Å². The first kappa shape index (κ1) is 86.6. The number of hydrogen-bond acceptors (Lipinski definition) is 0. The highest BCUT2D eigenvalue weighted by Gasteiger charge is 2.32. The van der Waals surface area contributed by atoms with Crippen molar-refractivity contribution >= 4 is 81.2 Å². The molecule has 0 heterocycles. The lowest BCUT2D eigenvalue weighted by atomic mass is 9.72. The Kier molecular flexibility index (Phi) is 32.8. The third kappa shape index (κ3) is 44.5. The fourth-order valence-corrected chi connectivity index (χ4v) is 9.68. The normalized spacial score (nSPS) is 13.9. The zero-order valence-electron chi connectivity index (χ0n) is 60.9. The van der Waals surface area contributed by atoms with Crippen molar-refractivity contribution in [1.82, 2.24) is 0 Å². The quantitative estimate of drug-likeness (QED) is 0.140. The molecule has 3 rings (SSSR count). The molecule has 0 bridgehead atoms. The smallest absolute Gasteiger partial charge is 0.0639 e. The summed E-state index contributed by atoms with van der Waals surface area (Å²) in [5.74, 6) is 0. The van der Waals surface area contributed by atoms with Crippen molar-refractivity contribution in [1.29, 1.82) is 0 Å². The van der Waals surface area contributed by atoms with Crippen LogP contribution in [0.5, 0.6) is 0 Å². The van der Waals surface area contributed by atoms with Gasteiger partial charge in [0.25, 0.3) is 0 Å². The van der Waals surface area contributed by atoms with Crippen LogP contribution >= 0.6 is 81.2 Å². The minimum Gasteiger partial charge on any atom is -0.120 e. The van der Waals surface area contributed by atoms with E-state index < -0.39 is 0 Å². The van der Waals surface area contributed by atoms with Crippen LogP contribution in [0.3, 0.4) is 0 Å². The van der Waals surface area contributed by atoms with Crippen LogP contribution in [0, 0.1) is 21.7 Å². The Morgan fingerprint density at radius 1 is 0.265 bits per heavy atom. The molecule has 0 atom stereocenters. The first-order valence-electron chi connectivity index (χ1n) is 30.6. The van der Waals surface area contributed by atoms with E-state index in [0.717, 1.165) is 24.0 Å². The van der Waals surface area contributed by atoms with E-state index in [4.69, 9.17) is 81.2 Å². The molecule has 484 valence electrons. The van der Waals surface area contributed by atoms with Gasteiger partial charge in [0, 0.05) is 9.75 Å². The summed E-state index contributed by atoms with van der Waals surface area (Å²) in [5, 5.41) is 0. The molecule has 0 N–H and O–H groups in total. The molecule has 3 aromatic carbocycles. The van der Waals surface area contributed by atoms with Crippen LogP contribution in [0.4, 0.5) is 0 Å². The van der Waals surface area contributed by atoms with Crippen molar-refractivity contribution in [2.24, 2.45) is 21.7 Å². The third-order valence-corrected chi connectivity index (χ3v) is 14.6. The van der Waals surface area contributed by atoms with Crippen LogP contribution in [0.15, 0.2) is 72.8 Å². The Labute approximate surface area is 553 Å². The summed E-state index contributed by atoms with van der Waals surface area (Å²) in [6.07, 6.45) is 8.76. The van der Waals surface area contributed by atoms with E-state index in [-0.39, 0.29) is 61.2 Å². The average Bonchev–Trinajstić information content (AvgIpc) is 3.18. The Hall–Kier alpha value is -0.570. The molecule has 83 heavy (non-hydrogen) atoms. The number of rotatable bonds is 10. The first-order chi connectivity index (χ1) is 35.7. The van der Waals surface area contributed by atoms with Crippen LogP contribution in [0.25, 0.3) is 0 Å². The van der Waals surface area contributed by atoms with Crippen LogP contribution in [0.1, 0.15) is 326 Å². The molecule has 0 aliphatic rings. The van der Waals surface area contributed by atoms with Crippen LogP contribution < -0.4 is 0 Å². The molecular formula is C76H131Cl7. The molecule has 0 amide bonds. The van der Waals surface area contributed by atoms with E-state index in [9.17, 15) is 0 Å². The van der Waals surface area contributed by atoms with E-state index in [1.165, 1.54) is 46.2 Å². The van der Waals surface area contributed by atoms with Crippen molar-refractivity contribution < 1.29 is 0 Å². The molecule has 3 aromatic rings.